The number of ether oxygens (including phenoxy) is 1. The molecule has 1 atom stereocenters. The van der Waals surface area contributed by atoms with Crippen LogP contribution in [0.2, 0.25) is 0 Å². The fraction of sp³-hybridized carbons (Fsp3) is 0.562. The zero-order valence-corrected chi connectivity index (χ0v) is 14.7. The molecule has 1 fully saturated rings. The summed E-state index contributed by atoms with van der Waals surface area (Å²) >= 11 is 0. The molecular formula is C16H24N2O4S. The molecule has 0 radical (unpaired) electrons. The molecule has 1 heterocycles. The molecule has 0 saturated carbocycles. The SMILES string of the molecule is COC(=O)C1CN(Cc2cccc(N(C)C)c2)CCS(=O)(=O)C1. The van der Waals surface area contributed by atoms with Crippen LogP contribution in [0.3, 0.4) is 0 Å². The molecule has 1 aliphatic heterocycles. The molecule has 1 saturated heterocycles. The minimum atomic E-state index is -3.22. The summed E-state index contributed by atoms with van der Waals surface area (Å²) in [7, 11) is 2.03. The average molecular weight is 340 g/mol. The Morgan fingerprint density at radius 3 is 2.78 bits per heavy atom. The highest BCUT2D eigenvalue weighted by molar-refractivity contribution is 7.91. The Balaban J connectivity index is 2.15. The van der Waals surface area contributed by atoms with Crippen molar-refractivity contribution in [2.45, 2.75) is 6.54 Å². The van der Waals surface area contributed by atoms with E-state index in [1.165, 1.54) is 7.11 Å². The summed E-state index contributed by atoms with van der Waals surface area (Å²) in [5.74, 6) is -1.13. The molecule has 7 heteroatoms. The minimum Gasteiger partial charge on any atom is -0.469 e. The quantitative estimate of drug-likeness (QED) is 0.755. The predicted molar refractivity (Wildman–Crippen MR) is 90.2 cm³/mol. The first kappa shape index (κ1) is 17.7. The average Bonchev–Trinajstić information content (AvgIpc) is 2.65. The standard InChI is InChI=1S/C16H24N2O4S/c1-17(2)15-6-4-5-13(9-15)10-18-7-8-23(20,21)12-14(11-18)16(19)22-3/h4-6,9,14H,7-8,10-12H2,1-3H3. The maximum Gasteiger partial charge on any atom is 0.310 e. The molecule has 2 rings (SSSR count). The molecule has 0 aliphatic carbocycles. The van der Waals surface area contributed by atoms with Gasteiger partial charge in [0.2, 0.25) is 0 Å². The molecule has 128 valence electrons. The first-order chi connectivity index (χ1) is 10.8. The van der Waals surface area contributed by atoms with Crippen LogP contribution in [0.4, 0.5) is 5.69 Å². The van der Waals surface area contributed by atoms with E-state index in [4.69, 9.17) is 4.74 Å². The van der Waals surface area contributed by atoms with E-state index < -0.39 is 21.7 Å². The summed E-state index contributed by atoms with van der Waals surface area (Å²) in [6.45, 7) is 1.45. The van der Waals surface area contributed by atoms with Crippen molar-refractivity contribution in [3.05, 3.63) is 29.8 Å². The molecule has 6 nitrogen and oxygen atoms in total. The van der Waals surface area contributed by atoms with Crippen molar-refractivity contribution in [2.75, 3.05) is 50.7 Å². The lowest BCUT2D eigenvalue weighted by Gasteiger charge is -2.23. The van der Waals surface area contributed by atoms with E-state index in [1.807, 2.05) is 42.1 Å². The molecule has 1 aromatic rings. The normalized spacial score (nSPS) is 21.4. The van der Waals surface area contributed by atoms with Gasteiger partial charge < -0.3 is 9.64 Å². The van der Waals surface area contributed by atoms with Crippen molar-refractivity contribution >= 4 is 21.5 Å². The van der Waals surface area contributed by atoms with Crippen molar-refractivity contribution in [2.24, 2.45) is 5.92 Å². The van der Waals surface area contributed by atoms with E-state index >= 15 is 0 Å². The second-order valence-corrected chi connectivity index (χ2v) is 8.36. The fourth-order valence-corrected chi connectivity index (χ4v) is 4.32. The number of hydrogen-bond donors (Lipinski definition) is 0. The van der Waals surface area contributed by atoms with Gasteiger partial charge >= 0.3 is 5.97 Å². The van der Waals surface area contributed by atoms with Crippen LogP contribution in [0.1, 0.15) is 5.56 Å². The van der Waals surface area contributed by atoms with Gasteiger partial charge in [-0.15, -0.1) is 0 Å². The third-order valence-corrected chi connectivity index (χ3v) is 5.73. The van der Waals surface area contributed by atoms with Crippen LogP contribution in [0.25, 0.3) is 0 Å². The van der Waals surface area contributed by atoms with Crippen molar-refractivity contribution in [3.8, 4) is 0 Å². The van der Waals surface area contributed by atoms with Crippen molar-refractivity contribution in [1.29, 1.82) is 0 Å². The second kappa shape index (κ2) is 7.31. The first-order valence-corrected chi connectivity index (χ1v) is 9.40. The summed E-state index contributed by atoms with van der Waals surface area (Å²) in [5, 5.41) is 0. The van der Waals surface area contributed by atoms with Crippen LogP contribution in [0, 0.1) is 5.92 Å². The lowest BCUT2D eigenvalue weighted by atomic mass is 10.1. The fourth-order valence-electron chi connectivity index (χ4n) is 2.76. The zero-order chi connectivity index (χ0) is 17.0. The summed E-state index contributed by atoms with van der Waals surface area (Å²) in [6, 6.07) is 8.09. The van der Waals surface area contributed by atoms with E-state index in [-0.39, 0.29) is 11.5 Å². The number of sulfone groups is 1. The molecule has 23 heavy (non-hydrogen) atoms. The monoisotopic (exact) mass is 340 g/mol. The van der Waals surface area contributed by atoms with E-state index in [2.05, 4.69) is 6.07 Å². The third kappa shape index (κ3) is 4.94. The largest absolute Gasteiger partial charge is 0.469 e. The van der Waals surface area contributed by atoms with Crippen LogP contribution in [-0.2, 0) is 25.9 Å². The van der Waals surface area contributed by atoms with Gasteiger partial charge in [0.1, 0.15) is 0 Å². The van der Waals surface area contributed by atoms with Crippen molar-refractivity contribution in [1.82, 2.24) is 4.90 Å². The van der Waals surface area contributed by atoms with E-state index in [0.717, 1.165) is 11.3 Å². The first-order valence-electron chi connectivity index (χ1n) is 7.57. The Morgan fingerprint density at radius 1 is 1.39 bits per heavy atom. The smallest absolute Gasteiger partial charge is 0.310 e. The second-order valence-electron chi connectivity index (χ2n) is 6.13. The minimum absolute atomic E-state index is 0.0772. The van der Waals surface area contributed by atoms with Gasteiger partial charge in [0, 0.05) is 39.4 Å². The van der Waals surface area contributed by atoms with E-state index in [0.29, 0.717) is 19.6 Å². The van der Waals surface area contributed by atoms with Gasteiger partial charge in [0.15, 0.2) is 9.84 Å². The summed E-state index contributed by atoms with van der Waals surface area (Å²) in [5.41, 5.74) is 2.19. The van der Waals surface area contributed by atoms with Gasteiger partial charge in [-0.1, -0.05) is 12.1 Å². The lowest BCUT2D eigenvalue weighted by Crippen LogP contribution is -2.34. The van der Waals surface area contributed by atoms with Crippen LogP contribution in [-0.4, -0.2) is 65.1 Å². The van der Waals surface area contributed by atoms with Crippen LogP contribution < -0.4 is 4.90 Å². The summed E-state index contributed by atoms with van der Waals surface area (Å²) in [6.07, 6.45) is 0. The highest BCUT2D eigenvalue weighted by atomic mass is 32.2. The van der Waals surface area contributed by atoms with Gasteiger partial charge in [-0.05, 0) is 17.7 Å². The number of esters is 1. The molecule has 0 aromatic heterocycles. The van der Waals surface area contributed by atoms with Gasteiger partial charge in [-0.3, -0.25) is 9.69 Å². The number of nitrogens with zero attached hydrogens (tertiary/aromatic N) is 2. The Bertz CT molecular complexity index is 658. The van der Waals surface area contributed by atoms with Crippen LogP contribution >= 0.6 is 0 Å². The Hall–Kier alpha value is -1.60. The Kier molecular flexibility index (Phi) is 5.64. The van der Waals surface area contributed by atoms with Gasteiger partial charge in [0.05, 0.1) is 24.5 Å². The molecule has 1 aromatic carbocycles. The third-order valence-electron chi connectivity index (χ3n) is 4.02. The molecule has 0 spiro atoms. The van der Waals surface area contributed by atoms with Crippen molar-refractivity contribution in [3.63, 3.8) is 0 Å². The molecule has 0 N–H and O–H groups in total. The summed E-state index contributed by atoms with van der Waals surface area (Å²) in [4.78, 5) is 15.9. The molecule has 0 amide bonds. The predicted octanol–water partition coefficient (Wildman–Crippen LogP) is 0.772. The number of methoxy groups -OCH3 is 1. The maximum atomic E-state index is 12.0. The number of carbonyl (C=O) groups excluding carboxylic acids is 1. The topological polar surface area (TPSA) is 66.9 Å². The van der Waals surface area contributed by atoms with Gasteiger partial charge in [-0.2, -0.15) is 0 Å². The van der Waals surface area contributed by atoms with Gasteiger partial charge in [0.25, 0.3) is 0 Å². The van der Waals surface area contributed by atoms with Gasteiger partial charge in [-0.25, -0.2) is 8.42 Å². The van der Waals surface area contributed by atoms with Crippen LogP contribution in [0.5, 0.6) is 0 Å². The van der Waals surface area contributed by atoms with E-state index in [9.17, 15) is 13.2 Å². The van der Waals surface area contributed by atoms with Crippen LogP contribution in [0.15, 0.2) is 24.3 Å². The number of carbonyl (C=O) groups is 1. The zero-order valence-electron chi connectivity index (χ0n) is 13.9. The lowest BCUT2D eigenvalue weighted by molar-refractivity contribution is -0.145. The summed E-state index contributed by atoms with van der Waals surface area (Å²) < 4.78 is 28.8. The highest BCUT2D eigenvalue weighted by Gasteiger charge is 2.32. The molecule has 0 bridgehead atoms. The van der Waals surface area contributed by atoms with Crippen molar-refractivity contribution < 1.29 is 17.9 Å². The van der Waals surface area contributed by atoms with E-state index in [1.54, 1.807) is 0 Å². The number of hydrogen-bond acceptors (Lipinski definition) is 6. The maximum absolute atomic E-state index is 12.0. The number of anilines is 1. The number of rotatable bonds is 4. The number of benzene rings is 1. The highest BCUT2D eigenvalue weighted by Crippen LogP contribution is 2.18. The molecular weight excluding hydrogens is 316 g/mol. The Morgan fingerprint density at radius 2 is 2.13 bits per heavy atom. The molecule has 1 unspecified atom stereocenters. The molecule has 1 aliphatic rings. The Labute approximate surface area is 137 Å².